The van der Waals surface area contributed by atoms with E-state index in [1.54, 1.807) is 31.5 Å². The molecule has 0 unspecified atom stereocenters. The van der Waals surface area contributed by atoms with E-state index in [4.69, 9.17) is 9.84 Å². The smallest absolute Gasteiger partial charge is 0.335 e. The fraction of sp³-hybridized carbons (Fsp3) is 0.286. The summed E-state index contributed by atoms with van der Waals surface area (Å²) in [5, 5.41) is 9.04. The summed E-state index contributed by atoms with van der Waals surface area (Å²) in [5.74, 6) is 0.703. The van der Waals surface area contributed by atoms with Gasteiger partial charge in [0.05, 0.1) is 19.2 Å². The first-order valence-electron chi connectivity index (χ1n) is 6.06. The van der Waals surface area contributed by atoms with Crippen molar-refractivity contribution in [2.75, 3.05) is 7.11 Å². The topological polar surface area (TPSA) is 64.4 Å². The van der Waals surface area contributed by atoms with Crippen LogP contribution in [0.25, 0.3) is 0 Å². The van der Waals surface area contributed by atoms with Crippen molar-refractivity contribution in [2.24, 2.45) is 0 Å². The van der Waals surface area contributed by atoms with E-state index in [1.807, 2.05) is 17.7 Å². The molecule has 1 heterocycles. The van der Waals surface area contributed by atoms with Gasteiger partial charge in [0.2, 0.25) is 0 Å². The molecule has 1 N–H and O–H groups in total. The third-order valence-corrected chi connectivity index (χ3v) is 2.99. The van der Waals surface area contributed by atoms with E-state index in [0.29, 0.717) is 12.3 Å². The summed E-state index contributed by atoms with van der Waals surface area (Å²) in [5.41, 5.74) is 1.09. The first-order valence-corrected chi connectivity index (χ1v) is 6.06. The first kappa shape index (κ1) is 13.1. The standard InChI is InChI=1S/C14H16N2O3/c1-3-13-15-6-7-16(13)9-11-8-10(14(17)18)4-5-12(11)19-2/h4-8H,3,9H2,1-2H3,(H,17,18). The minimum Gasteiger partial charge on any atom is -0.496 e. The Balaban J connectivity index is 2.37. The Bertz CT molecular complexity index is 590. The summed E-state index contributed by atoms with van der Waals surface area (Å²) in [6.07, 6.45) is 4.45. The minimum atomic E-state index is -0.940. The molecular weight excluding hydrogens is 244 g/mol. The molecule has 0 aliphatic heterocycles. The van der Waals surface area contributed by atoms with Gasteiger partial charge in [0, 0.05) is 24.4 Å². The summed E-state index contributed by atoms with van der Waals surface area (Å²) in [4.78, 5) is 15.3. The Labute approximate surface area is 111 Å². The number of nitrogens with zero attached hydrogens (tertiary/aromatic N) is 2. The van der Waals surface area contributed by atoms with Gasteiger partial charge in [-0.05, 0) is 18.2 Å². The number of benzene rings is 1. The predicted octanol–water partition coefficient (Wildman–Crippen LogP) is 2.20. The molecule has 0 saturated carbocycles. The van der Waals surface area contributed by atoms with E-state index in [0.717, 1.165) is 17.8 Å². The molecule has 100 valence electrons. The van der Waals surface area contributed by atoms with Crippen LogP contribution in [0.4, 0.5) is 0 Å². The first-order chi connectivity index (χ1) is 9.15. The molecule has 0 fully saturated rings. The molecule has 1 aromatic heterocycles. The van der Waals surface area contributed by atoms with Gasteiger partial charge in [-0.25, -0.2) is 9.78 Å². The van der Waals surface area contributed by atoms with E-state index in [1.165, 1.54) is 0 Å². The highest BCUT2D eigenvalue weighted by molar-refractivity contribution is 5.88. The van der Waals surface area contributed by atoms with Gasteiger partial charge in [0.25, 0.3) is 0 Å². The molecule has 0 radical (unpaired) electrons. The largest absolute Gasteiger partial charge is 0.496 e. The van der Waals surface area contributed by atoms with Crippen LogP contribution in [0.15, 0.2) is 30.6 Å². The quantitative estimate of drug-likeness (QED) is 0.895. The monoisotopic (exact) mass is 260 g/mol. The average Bonchev–Trinajstić information content (AvgIpc) is 2.85. The number of hydrogen-bond acceptors (Lipinski definition) is 3. The third-order valence-electron chi connectivity index (χ3n) is 2.99. The number of hydrogen-bond donors (Lipinski definition) is 1. The number of aromatic carboxylic acids is 1. The maximum Gasteiger partial charge on any atom is 0.335 e. The van der Waals surface area contributed by atoms with Crippen LogP contribution < -0.4 is 4.74 Å². The van der Waals surface area contributed by atoms with Gasteiger partial charge in [0.1, 0.15) is 11.6 Å². The van der Waals surface area contributed by atoms with Crippen LogP contribution in [0.3, 0.4) is 0 Å². The van der Waals surface area contributed by atoms with Crippen LogP contribution in [0.5, 0.6) is 5.75 Å². The summed E-state index contributed by atoms with van der Waals surface area (Å²) in [7, 11) is 1.58. The minimum absolute atomic E-state index is 0.258. The van der Waals surface area contributed by atoms with Crippen molar-refractivity contribution < 1.29 is 14.6 Å². The molecule has 0 amide bonds. The second-order valence-corrected chi connectivity index (χ2v) is 4.16. The summed E-state index contributed by atoms with van der Waals surface area (Å²) >= 11 is 0. The van der Waals surface area contributed by atoms with Gasteiger partial charge in [0.15, 0.2) is 0 Å². The van der Waals surface area contributed by atoms with Crippen LogP contribution in [0.2, 0.25) is 0 Å². The zero-order chi connectivity index (χ0) is 13.8. The zero-order valence-electron chi connectivity index (χ0n) is 11.0. The van der Waals surface area contributed by atoms with Crippen LogP contribution in [0.1, 0.15) is 28.7 Å². The summed E-state index contributed by atoms with van der Waals surface area (Å²) < 4.78 is 7.27. The molecule has 5 heteroatoms. The normalized spacial score (nSPS) is 10.4. The highest BCUT2D eigenvalue weighted by Crippen LogP contribution is 2.21. The Morgan fingerprint density at radius 1 is 1.47 bits per heavy atom. The highest BCUT2D eigenvalue weighted by Gasteiger charge is 2.10. The molecule has 0 spiro atoms. The number of carboxylic acid groups (broad SMARTS) is 1. The number of aryl methyl sites for hydroxylation is 1. The predicted molar refractivity (Wildman–Crippen MR) is 70.7 cm³/mol. The lowest BCUT2D eigenvalue weighted by atomic mass is 10.1. The molecule has 0 atom stereocenters. The van der Waals surface area contributed by atoms with E-state index >= 15 is 0 Å². The molecular formula is C14H16N2O3. The number of carboxylic acids is 1. The number of imidazole rings is 1. The number of methoxy groups -OCH3 is 1. The Morgan fingerprint density at radius 2 is 2.26 bits per heavy atom. The van der Waals surface area contributed by atoms with Gasteiger partial charge in [-0.1, -0.05) is 6.92 Å². The van der Waals surface area contributed by atoms with E-state index in [-0.39, 0.29) is 5.56 Å². The molecule has 19 heavy (non-hydrogen) atoms. The van der Waals surface area contributed by atoms with Crippen molar-refractivity contribution >= 4 is 5.97 Å². The maximum atomic E-state index is 11.0. The molecule has 0 saturated heterocycles. The molecule has 2 aromatic rings. The van der Waals surface area contributed by atoms with Crippen LogP contribution >= 0.6 is 0 Å². The van der Waals surface area contributed by atoms with Gasteiger partial charge < -0.3 is 14.4 Å². The lowest BCUT2D eigenvalue weighted by Gasteiger charge is -2.11. The van der Waals surface area contributed by atoms with Crippen molar-refractivity contribution in [3.05, 3.63) is 47.5 Å². The molecule has 0 aliphatic rings. The second kappa shape index (κ2) is 5.56. The lowest BCUT2D eigenvalue weighted by molar-refractivity contribution is 0.0696. The van der Waals surface area contributed by atoms with Crippen molar-refractivity contribution in [1.82, 2.24) is 9.55 Å². The SMILES string of the molecule is CCc1nccn1Cc1cc(C(=O)O)ccc1OC. The molecule has 1 aromatic carbocycles. The Hall–Kier alpha value is -2.30. The number of rotatable bonds is 5. The van der Waals surface area contributed by atoms with Gasteiger partial charge >= 0.3 is 5.97 Å². The highest BCUT2D eigenvalue weighted by atomic mass is 16.5. The second-order valence-electron chi connectivity index (χ2n) is 4.16. The van der Waals surface area contributed by atoms with Crippen molar-refractivity contribution in [3.63, 3.8) is 0 Å². The Kier molecular flexibility index (Phi) is 3.85. The van der Waals surface area contributed by atoms with Gasteiger partial charge in [-0.3, -0.25) is 0 Å². The number of aromatic nitrogens is 2. The van der Waals surface area contributed by atoms with Crippen molar-refractivity contribution in [3.8, 4) is 5.75 Å². The zero-order valence-corrected chi connectivity index (χ0v) is 11.0. The fourth-order valence-corrected chi connectivity index (χ4v) is 2.02. The van der Waals surface area contributed by atoms with E-state index in [9.17, 15) is 4.79 Å². The molecule has 0 aliphatic carbocycles. The van der Waals surface area contributed by atoms with Crippen LogP contribution in [-0.2, 0) is 13.0 Å². The lowest BCUT2D eigenvalue weighted by Crippen LogP contribution is -2.06. The van der Waals surface area contributed by atoms with Crippen molar-refractivity contribution in [2.45, 2.75) is 19.9 Å². The third kappa shape index (κ3) is 2.76. The van der Waals surface area contributed by atoms with Gasteiger partial charge in [-0.2, -0.15) is 0 Å². The van der Waals surface area contributed by atoms with Crippen molar-refractivity contribution in [1.29, 1.82) is 0 Å². The molecule has 5 nitrogen and oxygen atoms in total. The summed E-state index contributed by atoms with van der Waals surface area (Å²) in [6, 6.07) is 4.86. The fourth-order valence-electron chi connectivity index (χ4n) is 2.02. The molecule has 0 bridgehead atoms. The molecule has 2 rings (SSSR count). The average molecular weight is 260 g/mol. The van der Waals surface area contributed by atoms with Crippen LogP contribution in [0, 0.1) is 0 Å². The van der Waals surface area contributed by atoms with E-state index in [2.05, 4.69) is 4.98 Å². The number of ether oxygens (including phenoxy) is 1. The van der Waals surface area contributed by atoms with Gasteiger partial charge in [-0.15, -0.1) is 0 Å². The maximum absolute atomic E-state index is 11.0. The van der Waals surface area contributed by atoms with E-state index < -0.39 is 5.97 Å². The summed E-state index contributed by atoms with van der Waals surface area (Å²) in [6.45, 7) is 2.58. The number of carbonyl (C=O) groups is 1. The van der Waals surface area contributed by atoms with Crippen LogP contribution in [-0.4, -0.2) is 27.7 Å². The Morgan fingerprint density at radius 3 is 2.89 bits per heavy atom.